The van der Waals surface area contributed by atoms with Crippen LogP contribution < -0.4 is 15.4 Å². The molecule has 2 aromatic rings. The molecular formula is C18H25N5O2. The van der Waals surface area contributed by atoms with Crippen molar-refractivity contribution in [3.63, 3.8) is 0 Å². The van der Waals surface area contributed by atoms with Gasteiger partial charge >= 0.3 is 6.03 Å². The summed E-state index contributed by atoms with van der Waals surface area (Å²) in [6.07, 6.45) is 2.04. The predicted molar refractivity (Wildman–Crippen MR) is 94.6 cm³/mol. The molecule has 7 nitrogen and oxygen atoms in total. The van der Waals surface area contributed by atoms with Gasteiger partial charge in [0.15, 0.2) is 5.82 Å². The SMILES string of the molecule is COc1ccc(C)cc1[C@@H](C)NC(=O)N[C@H](C)c1nnc2n1CCC2. The van der Waals surface area contributed by atoms with Crippen LogP contribution in [0.2, 0.25) is 0 Å². The fourth-order valence-electron chi connectivity index (χ4n) is 3.26. The van der Waals surface area contributed by atoms with Crippen molar-refractivity contribution in [3.8, 4) is 5.75 Å². The Morgan fingerprint density at radius 3 is 2.76 bits per heavy atom. The molecule has 2 atom stereocenters. The Balaban J connectivity index is 1.65. The van der Waals surface area contributed by atoms with E-state index in [1.807, 2.05) is 39.0 Å². The molecule has 0 saturated carbocycles. The number of carbonyl (C=O) groups is 1. The van der Waals surface area contributed by atoms with Crippen LogP contribution >= 0.6 is 0 Å². The molecule has 0 spiro atoms. The normalized spacial score (nSPS) is 15.4. The first-order chi connectivity index (χ1) is 12.0. The number of methoxy groups -OCH3 is 1. The Morgan fingerprint density at radius 1 is 1.24 bits per heavy atom. The summed E-state index contributed by atoms with van der Waals surface area (Å²) in [5, 5.41) is 14.3. The minimum absolute atomic E-state index is 0.175. The van der Waals surface area contributed by atoms with Gasteiger partial charge in [-0.1, -0.05) is 17.7 Å². The lowest BCUT2D eigenvalue weighted by Crippen LogP contribution is -2.39. The zero-order chi connectivity index (χ0) is 18.0. The van der Waals surface area contributed by atoms with Crippen LogP contribution in [0, 0.1) is 6.92 Å². The molecule has 0 unspecified atom stereocenters. The van der Waals surface area contributed by atoms with Crippen LogP contribution in [0.25, 0.3) is 0 Å². The molecule has 0 radical (unpaired) electrons. The molecule has 7 heteroatoms. The van der Waals surface area contributed by atoms with E-state index in [0.29, 0.717) is 0 Å². The zero-order valence-corrected chi connectivity index (χ0v) is 15.2. The molecule has 0 saturated heterocycles. The first kappa shape index (κ1) is 17.3. The number of fused-ring (bicyclic) bond motifs is 1. The number of nitrogens with zero attached hydrogens (tertiary/aromatic N) is 3. The highest BCUT2D eigenvalue weighted by Gasteiger charge is 2.23. The highest BCUT2D eigenvalue weighted by molar-refractivity contribution is 5.75. The lowest BCUT2D eigenvalue weighted by molar-refractivity contribution is 0.234. The largest absolute Gasteiger partial charge is 0.496 e. The average Bonchev–Trinajstić information content (AvgIpc) is 3.17. The van der Waals surface area contributed by atoms with Crippen molar-refractivity contribution < 1.29 is 9.53 Å². The monoisotopic (exact) mass is 343 g/mol. The number of benzene rings is 1. The number of amides is 2. The van der Waals surface area contributed by atoms with Crippen LogP contribution in [-0.4, -0.2) is 27.9 Å². The van der Waals surface area contributed by atoms with Gasteiger partial charge in [-0.2, -0.15) is 0 Å². The number of hydrogen-bond donors (Lipinski definition) is 2. The first-order valence-electron chi connectivity index (χ1n) is 8.63. The third-order valence-electron chi connectivity index (χ3n) is 4.57. The van der Waals surface area contributed by atoms with Crippen LogP contribution in [0.1, 0.15) is 55.1 Å². The fraction of sp³-hybridized carbons (Fsp3) is 0.500. The van der Waals surface area contributed by atoms with Crippen molar-refractivity contribution >= 4 is 6.03 Å². The number of aryl methyl sites for hydroxylation is 2. The summed E-state index contributed by atoms with van der Waals surface area (Å²) in [5.41, 5.74) is 2.07. The Labute approximate surface area is 147 Å². The van der Waals surface area contributed by atoms with Crippen molar-refractivity contribution in [2.24, 2.45) is 0 Å². The van der Waals surface area contributed by atoms with Crippen LogP contribution in [0.15, 0.2) is 18.2 Å². The van der Waals surface area contributed by atoms with E-state index in [-0.39, 0.29) is 18.1 Å². The maximum Gasteiger partial charge on any atom is 0.315 e. The maximum atomic E-state index is 12.4. The fourth-order valence-corrected chi connectivity index (χ4v) is 3.26. The molecule has 2 N–H and O–H groups in total. The van der Waals surface area contributed by atoms with Gasteiger partial charge in [-0.15, -0.1) is 10.2 Å². The number of hydrogen-bond acceptors (Lipinski definition) is 4. The molecule has 1 aromatic carbocycles. The third kappa shape index (κ3) is 3.60. The van der Waals surface area contributed by atoms with E-state index >= 15 is 0 Å². The van der Waals surface area contributed by atoms with E-state index in [9.17, 15) is 4.79 Å². The molecule has 1 aliphatic heterocycles. The minimum atomic E-state index is -0.237. The summed E-state index contributed by atoms with van der Waals surface area (Å²) in [7, 11) is 1.63. The Morgan fingerprint density at radius 2 is 2.00 bits per heavy atom. The highest BCUT2D eigenvalue weighted by Crippen LogP contribution is 2.26. The number of carbonyl (C=O) groups excluding carboxylic acids is 1. The molecule has 0 bridgehead atoms. The highest BCUT2D eigenvalue weighted by atomic mass is 16.5. The van der Waals surface area contributed by atoms with Gasteiger partial charge in [0.25, 0.3) is 0 Å². The topological polar surface area (TPSA) is 81.1 Å². The van der Waals surface area contributed by atoms with Gasteiger partial charge in [-0.25, -0.2) is 4.79 Å². The quantitative estimate of drug-likeness (QED) is 0.874. The van der Waals surface area contributed by atoms with Crippen molar-refractivity contribution in [2.75, 3.05) is 7.11 Å². The maximum absolute atomic E-state index is 12.4. The van der Waals surface area contributed by atoms with E-state index < -0.39 is 0 Å². The number of aromatic nitrogens is 3. The van der Waals surface area contributed by atoms with Crippen molar-refractivity contribution in [1.82, 2.24) is 25.4 Å². The average molecular weight is 343 g/mol. The Kier molecular flexibility index (Phi) is 4.92. The number of nitrogens with one attached hydrogen (secondary N) is 2. The van der Waals surface area contributed by atoms with Crippen molar-refractivity contribution in [1.29, 1.82) is 0 Å². The lowest BCUT2D eigenvalue weighted by Gasteiger charge is -2.20. The van der Waals surface area contributed by atoms with Gasteiger partial charge in [0, 0.05) is 18.5 Å². The summed E-state index contributed by atoms with van der Waals surface area (Å²) < 4.78 is 7.50. The molecule has 134 valence electrons. The summed E-state index contributed by atoms with van der Waals surface area (Å²) in [4.78, 5) is 12.4. The molecule has 0 aliphatic carbocycles. The Hall–Kier alpha value is -2.57. The predicted octanol–water partition coefficient (Wildman–Crippen LogP) is 2.66. The van der Waals surface area contributed by atoms with Crippen LogP contribution in [0.3, 0.4) is 0 Å². The van der Waals surface area contributed by atoms with Gasteiger partial charge in [-0.3, -0.25) is 0 Å². The smallest absolute Gasteiger partial charge is 0.315 e. The third-order valence-corrected chi connectivity index (χ3v) is 4.57. The first-order valence-corrected chi connectivity index (χ1v) is 8.63. The standard InChI is InChI=1S/C18H25N5O2/c1-11-7-8-15(25-4)14(10-11)12(2)19-18(24)20-13(3)17-22-21-16-6-5-9-23(16)17/h7-8,10,12-13H,5-6,9H2,1-4H3,(H2,19,20,24)/t12-,13-/m1/s1. The summed E-state index contributed by atoms with van der Waals surface area (Å²) in [6, 6.07) is 5.32. The van der Waals surface area contributed by atoms with Gasteiger partial charge in [0.05, 0.1) is 19.2 Å². The summed E-state index contributed by atoms with van der Waals surface area (Å²) in [6.45, 7) is 6.80. The molecule has 25 heavy (non-hydrogen) atoms. The van der Waals surface area contributed by atoms with Crippen LogP contribution in [-0.2, 0) is 13.0 Å². The van der Waals surface area contributed by atoms with E-state index in [4.69, 9.17) is 4.74 Å². The van der Waals surface area contributed by atoms with E-state index in [0.717, 1.165) is 47.9 Å². The molecule has 2 amide bonds. The van der Waals surface area contributed by atoms with Gasteiger partial charge < -0.3 is 19.9 Å². The van der Waals surface area contributed by atoms with Crippen molar-refractivity contribution in [3.05, 3.63) is 41.0 Å². The van der Waals surface area contributed by atoms with Crippen molar-refractivity contribution in [2.45, 2.75) is 52.2 Å². The molecule has 2 heterocycles. The van der Waals surface area contributed by atoms with Gasteiger partial charge in [0.2, 0.25) is 0 Å². The van der Waals surface area contributed by atoms with E-state index in [1.165, 1.54) is 0 Å². The van der Waals surface area contributed by atoms with E-state index in [2.05, 4.69) is 25.4 Å². The van der Waals surface area contributed by atoms with Gasteiger partial charge in [0.1, 0.15) is 11.6 Å². The second-order valence-electron chi connectivity index (χ2n) is 6.54. The summed E-state index contributed by atoms with van der Waals surface area (Å²) in [5.74, 6) is 2.58. The minimum Gasteiger partial charge on any atom is -0.496 e. The second kappa shape index (κ2) is 7.13. The molecule has 3 rings (SSSR count). The number of ether oxygens (including phenoxy) is 1. The summed E-state index contributed by atoms with van der Waals surface area (Å²) >= 11 is 0. The Bertz CT molecular complexity index is 771. The molecule has 1 aromatic heterocycles. The van der Waals surface area contributed by atoms with E-state index in [1.54, 1.807) is 7.11 Å². The van der Waals surface area contributed by atoms with Crippen LogP contribution in [0.4, 0.5) is 4.79 Å². The zero-order valence-electron chi connectivity index (χ0n) is 15.2. The number of urea groups is 1. The molecule has 1 aliphatic rings. The van der Waals surface area contributed by atoms with Gasteiger partial charge in [-0.05, 0) is 33.3 Å². The lowest BCUT2D eigenvalue weighted by atomic mass is 10.0. The molecule has 0 fully saturated rings. The van der Waals surface area contributed by atoms with Crippen LogP contribution in [0.5, 0.6) is 5.75 Å². The second-order valence-corrected chi connectivity index (χ2v) is 6.54. The number of rotatable bonds is 5. The molecular weight excluding hydrogens is 318 g/mol.